The maximum absolute atomic E-state index is 11.8. The van der Waals surface area contributed by atoms with Crippen LogP contribution in [-0.4, -0.2) is 47.5 Å². The molecule has 1 atom stereocenters. The predicted molar refractivity (Wildman–Crippen MR) is 68.8 cm³/mol. The zero-order chi connectivity index (χ0) is 11.4. The Labute approximate surface area is 102 Å². The number of hydrogen-bond acceptors (Lipinski definition) is 3. The first-order valence-corrected chi connectivity index (χ1v) is 7.31. The molecule has 0 bridgehead atoms. The van der Waals surface area contributed by atoms with E-state index in [0.29, 0.717) is 11.3 Å². The van der Waals surface area contributed by atoms with Gasteiger partial charge in [0.1, 0.15) is 0 Å². The van der Waals surface area contributed by atoms with Gasteiger partial charge in [-0.05, 0) is 38.4 Å². The van der Waals surface area contributed by atoms with Crippen LogP contribution in [0.4, 0.5) is 0 Å². The highest BCUT2D eigenvalue weighted by Crippen LogP contribution is 2.36. The van der Waals surface area contributed by atoms with E-state index in [9.17, 15) is 4.79 Å². The Kier molecular flexibility index (Phi) is 4.14. The van der Waals surface area contributed by atoms with Crippen LogP contribution in [0.15, 0.2) is 0 Å². The summed E-state index contributed by atoms with van der Waals surface area (Å²) in [6, 6.07) is 0. The molecule has 0 aliphatic carbocycles. The molecule has 2 aliphatic heterocycles. The third-order valence-corrected chi connectivity index (χ3v) is 5.07. The Morgan fingerprint density at radius 2 is 2.12 bits per heavy atom. The Bertz CT molecular complexity index is 245. The van der Waals surface area contributed by atoms with Gasteiger partial charge in [-0.2, -0.15) is 11.8 Å². The summed E-state index contributed by atoms with van der Waals surface area (Å²) in [5, 5.41) is 3.33. The van der Waals surface area contributed by atoms with Gasteiger partial charge in [-0.1, -0.05) is 0 Å². The molecule has 2 heterocycles. The zero-order valence-electron chi connectivity index (χ0n) is 10.1. The molecule has 2 fully saturated rings. The molecule has 0 spiro atoms. The van der Waals surface area contributed by atoms with Crippen molar-refractivity contribution in [1.82, 2.24) is 10.2 Å². The van der Waals surface area contributed by atoms with Crippen LogP contribution >= 0.6 is 11.8 Å². The summed E-state index contributed by atoms with van der Waals surface area (Å²) in [5.74, 6) is 1.56. The molecule has 4 heteroatoms. The summed E-state index contributed by atoms with van der Waals surface area (Å²) >= 11 is 2.04. The van der Waals surface area contributed by atoms with Crippen molar-refractivity contribution in [2.45, 2.75) is 37.4 Å². The minimum atomic E-state index is 0.282. The molecule has 1 amide bonds. The molecule has 16 heavy (non-hydrogen) atoms. The molecule has 0 saturated carbocycles. The topological polar surface area (TPSA) is 32.3 Å². The van der Waals surface area contributed by atoms with E-state index in [4.69, 9.17) is 0 Å². The van der Waals surface area contributed by atoms with Crippen molar-refractivity contribution in [1.29, 1.82) is 0 Å². The Morgan fingerprint density at radius 1 is 1.38 bits per heavy atom. The predicted octanol–water partition coefficient (Wildman–Crippen LogP) is 1.48. The lowest BCUT2D eigenvalue weighted by Gasteiger charge is -2.23. The van der Waals surface area contributed by atoms with E-state index in [1.165, 1.54) is 31.4 Å². The summed E-state index contributed by atoms with van der Waals surface area (Å²) in [6.07, 6.45) is 4.96. The van der Waals surface area contributed by atoms with Crippen molar-refractivity contribution in [2.24, 2.45) is 0 Å². The fourth-order valence-corrected chi connectivity index (χ4v) is 3.76. The second-order valence-electron chi connectivity index (χ2n) is 5.09. The van der Waals surface area contributed by atoms with Crippen LogP contribution in [0, 0.1) is 0 Å². The van der Waals surface area contributed by atoms with Gasteiger partial charge >= 0.3 is 0 Å². The van der Waals surface area contributed by atoms with Gasteiger partial charge in [0, 0.05) is 24.4 Å². The number of hydrogen-bond donors (Lipinski definition) is 1. The number of rotatable bonds is 4. The van der Waals surface area contributed by atoms with Crippen molar-refractivity contribution in [3.05, 3.63) is 0 Å². The minimum absolute atomic E-state index is 0.282. The van der Waals surface area contributed by atoms with Crippen molar-refractivity contribution < 1.29 is 4.79 Å². The van der Waals surface area contributed by atoms with Crippen molar-refractivity contribution >= 4 is 17.7 Å². The highest BCUT2D eigenvalue weighted by molar-refractivity contribution is 8.00. The van der Waals surface area contributed by atoms with Crippen LogP contribution in [0.25, 0.3) is 0 Å². The van der Waals surface area contributed by atoms with Crippen LogP contribution in [-0.2, 0) is 4.79 Å². The molecule has 0 aromatic heterocycles. The summed E-state index contributed by atoms with van der Waals surface area (Å²) in [7, 11) is 0. The highest BCUT2D eigenvalue weighted by Gasteiger charge is 2.29. The quantitative estimate of drug-likeness (QED) is 0.810. The van der Waals surface area contributed by atoms with Gasteiger partial charge in [0.2, 0.25) is 5.91 Å². The largest absolute Gasteiger partial charge is 0.342 e. The van der Waals surface area contributed by atoms with Gasteiger partial charge in [-0.3, -0.25) is 4.79 Å². The molecule has 2 saturated heterocycles. The first-order chi connectivity index (χ1) is 7.70. The Balaban J connectivity index is 1.65. The van der Waals surface area contributed by atoms with Crippen LogP contribution in [0.3, 0.4) is 0 Å². The van der Waals surface area contributed by atoms with E-state index in [-0.39, 0.29) is 5.91 Å². The number of amides is 1. The third kappa shape index (κ3) is 3.14. The number of nitrogens with zero attached hydrogens (tertiary/aromatic N) is 1. The second-order valence-corrected chi connectivity index (χ2v) is 6.78. The van der Waals surface area contributed by atoms with E-state index >= 15 is 0 Å². The molecular formula is C12H22N2OS. The number of likely N-dealkylation sites (tertiary alicyclic amines) is 1. The van der Waals surface area contributed by atoms with Gasteiger partial charge in [0.05, 0.1) is 6.54 Å². The minimum Gasteiger partial charge on any atom is -0.342 e. The van der Waals surface area contributed by atoms with E-state index < -0.39 is 0 Å². The third-order valence-electron chi connectivity index (χ3n) is 3.53. The molecule has 3 nitrogen and oxygen atoms in total. The second kappa shape index (κ2) is 5.41. The van der Waals surface area contributed by atoms with Crippen LogP contribution in [0.5, 0.6) is 0 Å². The average molecular weight is 242 g/mol. The van der Waals surface area contributed by atoms with Gasteiger partial charge in [-0.25, -0.2) is 0 Å². The standard InChI is InChI=1S/C12H22N2OS/c1-12(5-4-8-16-12)10-13-9-11(15)14-6-2-3-7-14/h13H,2-10H2,1H3. The van der Waals surface area contributed by atoms with Gasteiger partial charge in [0.15, 0.2) is 0 Å². The maximum Gasteiger partial charge on any atom is 0.236 e. The summed E-state index contributed by atoms with van der Waals surface area (Å²) in [5.41, 5.74) is 0. The number of carbonyl (C=O) groups excluding carboxylic acids is 1. The van der Waals surface area contributed by atoms with Crippen LogP contribution in [0.1, 0.15) is 32.6 Å². The van der Waals surface area contributed by atoms with E-state index in [2.05, 4.69) is 12.2 Å². The average Bonchev–Trinajstić information content (AvgIpc) is 2.88. The molecule has 1 unspecified atom stereocenters. The smallest absolute Gasteiger partial charge is 0.236 e. The first kappa shape index (κ1) is 12.2. The SMILES string of the molecule is CC1(CNCC(=O)N2CCCC2)CCCS1. The van der Waals surface area contributed by atoms with Gasteiger partial charge in [-0.15, -0.1) is 0 Å². The van der Waals surface area contributed by atoms with Gasteiger partial charge in [0.25, 0.3) is 0 Å². The fraction of sp³-hybridized carbons (Fsp3) is 0.917. The lowest BCUT2D eigenvalue weighted by Crippen LogP contribution is -2.41. The normalized spacial score (nSPS) is 29.9. The fourth-order valence-electron chi connectivity index (χ4n) is 2.49. The monoisotopic (exact) mass is 242 g/mol. The van der Waals surface area contributed by atoms with Crippen LogP contribution < -0.4 is 5.32 Å². The van der Waals surface area contributed by atoms with Crippen molar-refractivity contribution in [2.75, 3.05) is 31.9 Å². The molecule has 0 aromatic carbocycles. The molecule has 2 aliphatic rings. The first-order valence-electron chi connectivity index (χ1n) is 6.32. The van der Waals surface area contributed by atoms with E-state index in [1.54, 1.807) is 0 Å². The van der Waals surface area contributed by atoms with Crippen molar-refractivity contribution in [3.63, 3.8) is 0 Å². The molecule has 0 radical (unpaired) electrons. The van der Waals surface area contributed by atoms with Gasteiger partial charge < -0.3 is 10.2 Å². The lowest BCUT2D eigenvalue weighted by atomic mass is 10.1. The Morgan fingerprint density at radius 3 is 2.75 bits per heavy atom. The van der Waals surface area contributed by atoms with E-state index in [1.807, 2.05) is 16.7 Å². The summed E-state index contributed by atoms with van der Waals surface area (Å²) < 4.78 is 0.366. The molecular weight excluding hydrogens is 220 g/mol. The highest BCUT2D eigenvalue weighted by atomic mass is 32.2. The van der Waals surface area contributed by atoms with Crippen LogP contribution in [0.2, 0.25) is 0 Å². The molecule has 0 aromatic rings. The van der Waals surface area contributed by atoms with Crippen molar-refractivity contribution in [3.8, 4) is 0 Å². The molecule has 92 valence electrons. The Hall–Kier alpha value is -0.220. The summed E-state index contributed by atoms with van der Waals surface area (Å²) in [4.78, 5) is 13.8. The lowest BCUT2D eigenvalue weighted by molar-refractivity contribution is -0.129. The number of thioether (sulfide) groups is 1. The zero-order valence-corrected chi connectivity index (χ0v) is 10.9. The van der Waals surface area contributed by atoms with E-state index in [0.717, 1.165) is 19.6 Å². The number of nitrogens with one attached hydrogen (secondary N) is 1. The number of carbonyl (C=O) groups is 1. The maximum atomic E-state index is 11.8. The summed E-state index contributed by atoms with van der Waals surface area (Å²) in [6.45, 7) is 5.73. The molecule has 2 rings (SSSR count). The molecule has 1 N–H and O–H groups in total.